The molecule has 0 spiro atoms. The molecule has 1 aromatic rings. The smallest absolute Gasteiger partial charge is 0.253 e. The van der Waals surface area contributed by atoms with Crippen molar-refractivity contribution in [2.75, 3.05) is 19.6 Å². The van der Waals surface area contributed by atoms with Gasteiger partial charge in [0, 0.05) is 24.7 Å². The van der Waals surface area contributed by atoms with E-state index in [1.807, 2.05) is 4.90 Å². The summed E-state index contributed by atoms with van der Waals surface area (Å²) in [5.41, 5.74) is 0.648. The number of benzene rings is 1. The number of piperidine rings is 1. The molecule has 0 aromatic heterocycles. The summed E-state index contributed by atoms with van der Waals surface area (Å²) in [6.07, 6.45) is 2.02. The molecule has 4 heteroatoms. The summed E-state index contributed by atoms with van der Waals surface area (Å²) < 4.78 is 0. The zero-order valence-electron chi connectivity index (χ0n) is 10.7. The summed E-state index contributed by atoms with van der Waals surface area (Å²) in [5, 5.41) is 12.6. The van der Waals surface area contributed by atoms with Crippen LogP contribution in [0, 0.1) is 0 Å². The highest BCUT2D eigenvalue weighted by molar-refractivity contribution is 5.94. The van der Waals surface area contributed by atoms with E-state index in [-0.39, 0.29) is 11.7 Å². The average Bonchev–Trinajstić information content (AvgIpc) is 2.40. The Hall–Kier alpha value is -1.55. The fraction of sp³-hybridized carbons (Fsp3) is 0.500. The van der Waals surface area contributed by atoms with Crippen molar-refractivity contribution in [1.29, 1.82) is 0 Å². The molecule has 18 heavy (non-hydrogen) atoms. The van der Waals surface area contributed by atoms with Crippen molar-refractivity contribution in [2.45, 2.75) is 25.8 Å². The number of phenolic OH excluding ortho intramolecular Hbond substituents is 1. The van der Waals surface area contributed by atoms with Crippen LogP contribution in [-0.2, 0) is 0 Å². The number of carbonyl (C=O) groups is 1. The van der Waals surface area contributed by atoms with Gasteiger partial charge in [0.15, 0.2) is 0 Å². The first-order valence-electron chi connectivity index (χ1n) is 6.52. The number of likely N-dealkylation sites (tertiary alicyclic amines) is 1. The van der Waals surface area contributed by atoms with Crippen LogP contribution < -0.4 is 5.32 Å². The number of nitrogens with zero attached hydrogens (tertiary/aromatic N) is 1. The van der Waals surface area contributed by atoms with Gasteiger partial charge in [-0.1, -0.05) is 6.92 Å². The van der Waals surface area contributed by atoms with Crippen LogP contribution in [0.25, 0.3) is 0 Å². The molecule has 4 nitrogen and oxygen atoms in total. The van der Waals surface area contributed by atoms with Crippen molar-refractivity contribution in [1.82, 2.24) is 10.2 Å². The summed E-state index contributed by atoms with van der Waals surface area (Å²) in [4.78, 5) is 14.1. The number of aromatic hydroxyl groups is 1. The van der Waals surface area contributed by atoms with Crippen molar-refractivity contribution in [3.63, 3.8) is 0 Å². The second-order valence-electron chi connectivity index (χ2n) is 4.67. The first-order chi connectivity index (χ1) is 8.70. The molecule has 0 atom stereocenters. The summed E-state index contributed by atoms with van der Waals surface area (Å²) >= 11 is 0. The van der Waals surface area contributed by atoms with Gasteiger partial charge in [-0.3, -0.25) is 4.79 Å². The van der Waals surface area contributed by atoms with E-state index in [1.165, 1.54) is 0 Å². The largest absolute Gasteiger partial charge is 0.508 e. The maximum Gasteiger partial charge on any atom is 0.253 e. The van der Waals surface area contributed by atoms with E-state index >= 15 is 0 Å². The van der Waals surface area contributed by atoms with Crippen molar-refractivity contribution in [3.8, 4) is 5.75 Å². The molecule has 0 radical (unpaired) electrons. The molecule has 1 saturated heterocycles. The van der Waals surface area contributed by atoms with Crippen molar-refractivity contribution in [2.24, 2.45) is 0 Å². The molecule has 0 unspecified atom stereocenters. The predicted molar refractivity (Wildman–Crippen MR) is 70.7 cm³/mol. The number of hydrogen-bond donors (Lipinski definition) is 2. The van der Waals surface area contributed by atoms with Gasteiger partial charge in [-0.2, -0.15) is 0 Å². The van der Waals surface area contributed by atoms with Gasteiger partial charge in [0.05, 0.1) is 0 Å². The van der Waals surface area contributed by atoms with Crippen LogP contribution >= 0.6 is 0 Å². The second-order valence-corrected chi connectivity index (χ2v) is 4.67. The van der Waals surface area contributed by atoms with Crippen LogP contribution in [-0.4, -0.2) is 41.6 Å². The van der Waals surface area contributed by atoms with E-state index in [4.69, 9.17) is 0 Å². The number of amides is 1. The van der Waals surface area contributed by atoms with Gasteiger partial charge in [-0.05, 0) is 43.7 Å². The minimum atomic E-state index is 0.0601. The van der Waals surface area contributed by atoms with E-state index in [2.05, 4.69) is 12.2 Å². The van der Waals surface area contributed by atoms with Crippen molar-refractivity contribution >= 4 is 5.91 Å². The Bertz CT molecular complexity index is 395. The summed E-state index contributed by atoms with van der Waals surface area (Å²) in [6, 6.07) is 7.00. The Morgan fingerprint density at radius 3 is 2.50 bits per heavy atom. The van der Waals surface area contributed by atoms with E-state index in [0.29, 0.717) is 11.6 Å². The van der Waals surface area contributed by atoms with E-state index in [9.17, 15) is 9.90 Å². The minimum Gasteiger partial charge on any atom is -0.508 e. The van der Waals surface area contributed by atoms with Crippen molar-refractivity contribution < 1.29 is 9.90 Å². The number of hydrogen-bond acceptors (Lipinski definition) is 3. The Morgan fingerprint density at radius 2 is 1.94 bits per heavy atom. The lowest BCUT2D eigenvalue weighted by atomic mass is 10.0. The minimum absolute atomic E-state index is 0.0601. The molecule has 1 heterocycles. The summed E-state index contributed by atoms with van der Waals surface area (Å²) in [7, 11) is 0. The van der Waals surface area contributed by atoms with Gasteiger partial charge < -0.3 is 15.3 Å². The Kier molecular flexibility index (Phi) is 4.20. The monoisotopic (exact) mass is 248 g/mol. The lowest BCUT2D eigenvalue weighted by molar-refractivity contribution is 0.0706. The third-order valence-electron chi connectivity index (χ3n) is 3.39. The SMILES string of the molecule is CCNC1CCN(C(=O)c2ccc(O)cc2)CC1. The molecule has 2 rings (SSSR count). The topological polar surface area (TPSA) is 52.6 Å². The second kappa shape index (κ2) is 5.87. The molecule has 1 fully saturated rings. The Labute approximate surface area is 108 Å². The number of rotatable bonds is 3. The lowest BCUT2D eigenvalue weighted by Gasteiger charge is -2.32. The molecular weight excluding hydrogens is 228 g/mol. The normalized spacial score (nSPS) is 16.8. The standard InChI is InChI=1S/C14H20N2O2/c1-2-15-12-7-9-16(10-8-12)14(18)11-3-5-13(17)6-4-11/h3-6,12,15,17H,2,7-10H2,1H3. The highest BCUT2D eigenvalue weighted by atomic mass is 16.3. The quantitative estimate of drug-likeness (QED) is 0.854. The molecular formula is C14H20N2O2. The first kappa shape index (κ1) is 12.9. The van der Waals surface area contributed by atoms with Gasteiger partial charge in [0.25, 0.3) is 5.91 Å². The van der Waals surface area contributed by atoms with Crippen molar-refractivity contribution in [3.05, 3.63) is 29.8 Å². The lowest BCUT2D eigenvalue weighted by Crippen LogP contribution is -2.44. The predicted octanol–water partition coefficient (Wildman–Crippen LogP) is 1.61. The van der Waals surface area contributed by atoms with Gasteiger partial charge in [-0.25, -0.2) is 0 Å². The molecule has 2 N–H and O–H groups in total. The fourth-order valence-corrected chi connectivity index (χ4v) is 2.36. The molecule has 0 bridgehead atoms. The van der Waals surface area contributed by atoms with Crippen LogP contribution in [0.15, 0.2) is 24.3 Å². The van der Waals surface area contributed by atoms with Crippen LogP contribution in [0.1, 0.15) is 30.1 Å². The van der Waals surface area contributed by atoms with Crippen LogP contribution in [0.4, 0.5) is 0 Å². The summed E-state index contributed by atoms with van der Waals surface area (Å²) in [6.45, 7) is 4.69. The molecule has 1 amide bonds. The average molecular weight is 248 g/mol. The van der Waals surface area contributed by atoms with Gasteiger partial charge in [0.1, 0.15) is 5.75 Å². The maximum absolute atomic E-state index is 12.2. The molecule has 98 valence electrons. The van der Waals surface area contributed by atoms with Gasteiger partial charge in [0.2, 0.25) is 0 Å². The van der Waals surface area contributed by atoms with E-state index in [0.717, 1.165) is 32.5 Å². The number of phenols is 1. The van der Waals surface area contributed by atoms with E-state index in [1.54, 1.807) is 24.3 Å². The molecule has 1 aliphatic heterocycles. The third kappa shape index (κ3) is 3.01. The van der Waals surface area contributed by atoms with Crippen LogP contribution in [0.2, 0.25) is 0 Å². The van der Waals surface area contributed by atoms with Gasteiger partial charge >= 0.3 is 0 Å². The van der Waals surface area contributed by atoms with E-state index < -0.39 is 0 Å². The Balaban J connectivity index is 1.93. The maximum atomic E-state index is 12.2. The number of carbonyl (C=O) groups excluding carboxylic acids is 1. The fourth-order valence-electron chi connectivity index (χ4n) is 2.36. The molecule has 0 saturated carbocycles. The molecule has 1 aliphatic rings. The first-order valence-corrected chi connectivity index (χ1v) is 6.52. The molecule has 1 aromatic carbocycles. The highest BCUT2D eigenvalue weighted by Crippen LogP contribution is 2.16. The number of nitrogens with one attached hydrogen (secondary N) is 1. The zero-order chi connectivity index (χ0) is 13.0. The van der Waals surface area contributed by atoms with Gasteiger partial charge in [-0.15, -0.1) is 0 Å². The third-order valence-corrected chi connectivity index (χ3v) is 3.39. The van der Waals surface area contributed by atoms with Crippen LogP contribution in [0.5, 0.6) is 5.75 Å². The Morgan fingerprint density at radius 1 is 1.33 bits per heavy atom. The summed E-state index contributed by atoms with van der Waals surface area (Å²) in [5.74, 6) is 0.252. The van der Waals surface area contributed by atoms with Crippen LogP contribution in [0.3, 0.4) is 0 Å². The zero-order valence-corrected chi connectivity index (χ0v) is 10.7. The highest BCUT2D eigenvalue weighted by Gasteiger charge is 2.22. The molecule has 0 aliphatic carbocycles.